The topological polar surface area (TPSA) is 88.3 Å². The van der Waals surface area contributed by atoms with E-state index in [1.165, 1.54) is 0 Å². The maximum absolute atomic E-state index is 12.8. The molecule has 1 heterocycles. The van der Waals surface area contributed by atoms with Gasteiger partial charge in [-0.3, -0.25) is 9.59 Å². The lowest BCUT2D eigenvalue weighted by molar-refractivity contribution is -0.144. The van der Waals surface area contributed by atoms with Crippen molar-refractivity contribution >= 4 is 40.3 Å². The van der Waals surface area contributed by atoms with E-state index >= 15 is 0 Å². The Kier molecular flexibility index (Phi) is 8.11. The number of hydrogen-bond acceptors (Lipinski definition) is 5. The highest BCUT2D eigenvalue weighted by Gasteiger charge is 2.24. The Hall–Kier alpha value is -3.06. The molecule has 0 aliphatic heterocycles. The van der Waals surface area contributed by atoms with Gasteiger partial charge >= 0.3 is 5.97 Å². The van der Waals surface area contributed by atoms with Crippen LogP contribution in [0.25, 0.3) is 10.9 Å². The largest absolute Gasteiger partial charge is 0.456 e. The van der Waals surface area contributed by atoms with E-state index in [-0.39, 0.29) is 18.3 Å². The molecule has 0 saturated heterocycles. The minimum Gasteiger partial charge on any atom is -0.456 e. The summed E-state index contributed by atoms with van der Waals surface area (Å²) < 4.78 is 5.33. The fourth-order valence-electron chi connectivity index (χ4n) is 3.57. The van der Waals surface area contributed by atoms with Gasteiger partial charge in [0.25, 0.3) is 5.91 Å². The van der Waals surface area contributed by atoms with E-state index in [4.69, 9.17) is 4.74 Å². The van der Waals surface area contributed by atoms with Crippen LogP contribution in [0.2, 0.25) is 0 Å². The number of fused-ring (bicyclic) bond motifs is 1. The lowest BCUT2D eigenvalue weighted by atomic mass is 10.1. The van der Waals surface area contributed by atoms with Gasteiger partial charge in [0, 0.05) is 28.2 Å². The molecule has 0 radical (unpaired) electrons. The summed E-state index contributed by atoms with van der Waals surface area (Å²) in [4.78, 5) is 41.2. The Bertz CT molecular complexity index is 1120. The second kappa shape index (κ2) is 11.0. The maximum atomic E-state index is 12.8. The number of nitrogens with one attached hydrogen (secondary N) is 2. The molecule has 3 rings (SSSR count). The first-order valence-electron chi connectivity index (χ1n) is 10.6. The average Bonchev–Trinajstić information content (AvgIpc) is 3.24. The maximum Gasteiger partial charge on any atom is 0.329 e. The molecular formula is C25H28N2O4S. The third kappa shape index (κ3) is 5.59. The number of rotatable bonds is 10. The van der Waals surface area contributed by atoms with E-state index in [0.717, 1.165) is 28.5 Å². The zero-order chi connectivity index (χ0) is 23.1. The van der Waals surface area contributed by atoms with Crippen molar-refractivity contribution in [3.63, 3.8) is 0 Å². The lowest BCUT2D eigenvalue weighted by Crippen LogP contribution is -2.42. The molecule has 6 nitrogen and oxygen atoms in total. The number of amides is 1. The minimum absolute atomic E-state index is 0.286. The highest BCUT2D eigenvalue weighted by molar-refractivity contribution is 7.98. The molecule has 0 aliphatic rings. The summed E-state index contributed by atoms with van der Waals surface area (Å²) in [7, 11) is 0. The Morgan fingerprint density at radius 2 is 1.94 bits per heavy atom. The average molecular weight is 453 g/mol. The molecule has 3 aromatic rings. The number of thioether (sulfide) groups is 1. The lowest BCUT2D eigenvalue weighted by Gasteiger charge is -2.17. The van der Waals surface area contributed by atoms with Crippen molar-refractivity contribution in [3.8, 4) is 0 Å². The summed E-state index contributed by atoms with van der Waals surface area (Å²) >= 11 is 1.57. The van der Waals surface area contributed by atoms with Gasteiger partial charge in [0.2, 0.25) is 5.78 Å². The van der Waals surface area contributed by atoms with Crippen LogP contribution in [0.5, 0.6) is 0 Å². The van der Waals surface area contributed by atoms with Crippen molar-refractivity contribution in [2.24, 2.45) is 0 Å². The van der Waals surface area contributed by atoms with Crippen LogP contribution in [0.1, 0.15) is 45.2 Å². The molecule has 0 fully saturated rings. The minimum atomic E-state index is -0.821. The highest BCUT2D eigenvalue weighted by atomic mass is 32.2. The number of aryl methyl sites for hydroxylation is 2. The number of esters is 1. The molecule has 1 atom stereocenters. The summed E-state index contributed by atoms with van der Waals surface area (Å²) in [6.45, 7) is 3.58. The molecule has 0 bridgehead atoms. The smallest absolute Gasteiger partial charge is 0.329 e. The van der Waals surface area contributed by atoms with Gasteiger partial charge in [0.1, 0.15) is 6.04 Å². The second-order valence-electron chi connectivity index (χ2n) is 7.60. The van der Waals surface area contributed by atoms with Crippen molar-refractivity contribution in [1.29, 1.82) is 0 Å². The molecule has 7 heteroatoms. The molecule has 0 aliphatic carbocycles. The molecule has 0 spiro atoms. The molecule has 1 aromatic heterocycles. The first kappa shape index (κ1) is 23.6. The third-order valence-corrected chi connectivity index (χ3v) is 5.95. The Labute approximate surface area is 192 Å². The number of ether oxygens (including phenoxy) is 1. The number of H-pyrrole nitrogens is 1. The fraction of sp³-hybridized carbons (Fsp3) is 0.320. The number of aromatic nitrogens is 1. The number of aromatic amines is 1. The predicted molar refractivity (Wildman–Crippen MR) is 128 cm³/mol. The van der Waals surface area contributed by atoms with Crippen LogP contribution in [0, 0.1) is 6.92 Å². The van der Waals surface area contributed by atoms with Gasteiger partial charge < -0.3 is 15.0 Å². The van der Waals surface area contributed by atoms with Crippen molar-refractivity contribution in [1.82, 2.24) is 10.3 Å². The first-order valence-corrected chi connectivity index (χ1v) is 12.0. The van der Waals surface area contributed by atoms with E-state index in [0.29, 0.717) is 23.3 Å². The van der Waals surface area contributed by atoms with Gasteiger partial charge in [0.15, 0.2) is 6.61 Å². The number of Topliss-reactive ketones (excluding diaryl/α,β-unsaturated/α-hetero) is 1. The number of carbonyl (C=O) groups is 3. The molecule has 1 amide bonds. The van der Waals surface area contributed by atoms with Crippen LogP contribution >= 0.6 is 11.8 Å². The molecule has 2 aromatic carbocycles. The van der Waals surface area contributed by atoms with Gasteiger partial charge in [-0.15, -0.1) is 0 Å². The van der Waals surface area contributed by atoms with E-state index in [1.54, 1.807) is 36.2 Å². The zero-order valence-corrected chi connectivity index (χ0v) is 19.4. The molecule has 0 saturated carbocycles. The second-order valence-corrected chi connectivity index (χ2v) is 8.59. The van der Waals surface area contributed by atoms with Crippen LogP contribution < -0.4 is 5.32 Å². The van der Waals surface area contributed by atoms with Gasteiger partial charge in [0.05, 0.1) is 0 Å². The fourth-order valence-corrected chi connectivity index (χ4v) is 4.04. The van der Waals surface area contributed by atoms with E-state index in [9.17, 15) is 14.4 Å². The Morgan fingerprint density at radius 3 is 2.66 bits per heavy atom. The quantitative estimate of drug-likeness (QED) is 0.353. The summed E-state index contributed by atoms with van der Waals surface area (Å²) in [5.41, 5.74) is 3.97. The van der Waals surface area contributed by atoms with Crippen LogP contribution in [-0.4, -0.2) is 47.3 Å². The van der Waals surface area contributed by atoms with Gasteiger partial charge in [-0.2, -0.15) is 11.8 Å². The summed E-state index contributed by atoms with van der Waals surface area (Å²) in [5.74, 6) is -0.565. The number of benzene rings is 2. The number of carbonyl (C=O) groups excluding carboxylic acids is 3. The van der Waals surface area contributed by atoms with Crippen LogP contribution in [0.3, 0.4) is 0 Å². The Morgan fingerprint density at radius 1 is 1.16 bits per heavy atom. The third-order valence-electron chi connectivity index (χ3n) is 5.31. The molecular weight excluding hydrogens is 424 g/mol. The first-order chi connectivity index (χ1) is 15.4. The van der Waals surface area contributed by atoms with Crippen LogP contribution in [0.4, 0.5) is 0 Å². The van der Waals surface area contributed by atoms with Gasteiger partial charge in [-0.1, -0.05) is 42.8 Å². The summed E-state index contributed by atoms with van der Waals surface area (Å²) in [6.07, 6.45) is 4.84. The standard InChI is InChI=1S/C25H28N2O4S/c1-4-17-8-6-10-19-20(14-26-23(17)19)22(28)15-31-25(30)21(11-12-32-3)27-24(29)18-9-5-7-16(2)13-18/h5-10,13-14,21,26H,4,11-12,15H2,1-3H3,(H,27,29). The van der Waals surface area contributed by atoms with Crippen LogP contribution in [-0.2, 0) is 16.0 Å². The van der Waals surface area contributed by atoms with E-state index < -0.39 is 12.0 Å². The summed E-state index contributed by atoms with van der Waals surface area (Å²) in [6, 6.07) is 12.1. The van der Waals surface area contributed by atoms with Crippen molar-refractivity contribution in [2.45, 2.75) is 32.7 Å². The van der Waals surface area contributed by atoms with Gasteiger partial charge in [-0.05, 0) is 49.5 Å². The number of para-hydroxylation sites is 1. The summed E-state index contributed by atoms with van der Waals surface area (Å²) in [5, 5.41) is 3.57. The molecule has 2 N–H and O–H groups in total. The molecule has 168 valence electrons. The van der Waals surface area contributed by atoms with Crippen molar-refractivity contribution < 1.29 is 19.1 Å². The normalized spacial score (nSPS) is 11.8. The number of hydrogen-bond donors (Lipinski definition) is 2. The van der Waals surface area contributed by atoms with Crippen molar-refractivity contribution in [2.75, 3.05) is 18.6 Å². The monoisotopic (exact) mass is 452 g/mol. The molecule has 32 heavy (non-hydrogen) atoms. The Balaban J connectivity index is 1.67. The predicted octanol–water partition coefficient (Wildman–Crippen LogP) is 4.32. The van der Waals surface area contributed by atoms with Crippen molar-refractivity contribution in [3.05, 3.63) is 70.9 Å². The zero-order valence-electron chi connectivity index (χ0n) is 18.6. The van der Waals surface area contributed by atoms with E-state index in [2.05, 4.69) is 17.2 Å². The SMILES string of the molecule is CCc1cccc2c(C(=O)COC(=O)C(CCSC)NC(=O)c3cccc(C)c3)c[nH]c12. The van der Waals surface area contributed by atoms with Crippen LogP contribution in [0.15, 0.2) is 48.7 Å². The van der Waals surface area contributed by atoms with Gasteiger partial charge in [-0.25, -0.2) is 4.79 Å². The molecule has 1 unspecified atom stereocenters. The number of ketones is 1. The van der Waals surface area contributed by atoms with E-state index in [1.807, 2.05) is 37.4 Å². The highest BCUT2D eigenvalue weighted by Crippen LogP contribution is 2.22.